The maximum Gasteiger partial charge on any atom is 0.229 e. The molecule has 8 heteroatoms. The molecule has 1 unspecified atom stereocenters. The SMILES string of the molecule is Cn1ncc2c(N)nc(N3CCCC(C(=O)N4CCCC4)C3)nc21. The normalized spacial score (nSPS) is 21.6. The summed E-state index contributed by atoms with van der Waals surface area (Å²) in [6.07, 6.45) is 5.84. The molecule has 24 heavy (non-hydrogen) atoms. The molecule has 0 spiro atoms. The van der Waals surface area contributed by atoms with Gasteiger partial charge in [0.05, 0.1) is 17.5 Å². The van der Waals surface area contributed by atoms with Crippen LogP contribution < -0.4 is 10.6 Å². The van der Waals surface area contributed by atoms with E-state index >= 15 is 0 Å². The Labute approximate surface area is 140 Å². The summed E-state index contributed by atoms with van der Waals surface area (Å²) in [5, 5.41) is 4.96. The van der Waals surface area contributed by atoms with E-state index in [0.717, 1.165) is 56.4 Å². The first-order valence-electron chi connectivity index (χ1n) is 8.62. The van der Waals surface area contributed by atoms with E-state index in [4.69, 9.17) is 5.73 Å². The van der Waals surface area contributed by atoms with E-state index in [1.807, 2.05) is 11.9 Å². The number of aryl methyl sites for hydroxylation is 1. The number of fused-ring (bicyclic) bond motifs is 1. The van der Waals surface area contributed by atoms with Crippen LogP contribution in [0.4, 0.5) is 11.8 Å². The molecule has 2 N–H and O–H groups in total. The van der Waals surface area contributed by atoms with Crippen molar-refractivity contribution in [2.45, 2.75) is 25.7 Å². The number of piperidine rings is 1. The first-order valence-corrected chi connectivity index (χ1v) is 8.62. The predicted octanol–water partition coefficient (Wildman–Crippen LogP) is 0.784. The lowest BCUT2D eigenvalue weighted by molar-refractivity contribution is -0.134. The van der Waals surface area contributed by atoms with Crippen LogP contribution >= 0.6 is 0 Å². The van der Waals surface area contributed by atoms with Crippen LogP contribution in [0.15, 0.2) is 6.20 Å². The highest BCUT2D eigenvalue weighted by Crippen LogP contribution is 2.26. The topological polar surface area (TPSA) is 93.2 Å². The lowest BCUT2D eigenvalue weighted by atomic mass is 9.97. The van der Waals surface area contributed by atoms with Crippen molar-refractivity contribution < 1.29 is 4.79 Å². The number of hydrogen-bond acceptors (Lipinski definition) is 6. The maximum atomic E-state index is 12.7. The van der Waals surface area contributed by atoms with Crippen molar-refractivity contribution in [3.63, 3.8) is 0 Å². The van der Waals surface area contributed by atoms with Gasteiger partial charge in [-0.05, 0) is 25.7 Å². The molecule has 2 aromatic rings. The van der Waals surface area contributed by atoms with Crippen molar-refractivity contribution in [3.8, 4) is 0 Å². The molecule has 2 aromatic heterocycles. The predicted molar refractivity (Wildman–Crippen MR) is 91.5 cm³/mol. The summed E-state index contributed by atoms with van der Waals surface area (Å²) < 4.78 is 1.70. The van der Waals surface area contributed by atoms with Crippen molar-refractivity contribution in [2.24, 2.45) is 13.0 Å². The Bertz CT molecular complexity index is 765. The molecule has 0 aromatic carbocycles. The fourth-order valence-electron chi connectivity index (χ4n) is 3.73. The van der Waals surface area contributed by atoms with E-state index in [9.17, 15) is 4.79 Å². The lowest BCUT2D eigenvalue weighted by Crippen LogP contribution is -2.44. The summed E-state index contributed by atoms with van der Waals surface area (Å²) in [5.74, 6) is 1.36. The number of likely N-dealkylation sites (tertiary alicyclic amines) is 1. The summed E-state index contributed by atoms with van der Waals surface area (Å²) >= 11 is 0. The van der Waals surface area contributed by atoms with Crippen LogP contribution in [0.25, 0.3) is 11.0 Å². The molecule has 0 bridgehead atoms. The first-order chi connectivity index (χ1) is 11.6. The Morgan fingerprint density at radius 1 is 1.21 bits per heavy atom. The van der Waals surface area contributed by atoms with E-state index in [0.29, 0.717) is 18.3 Å². The Morgan fingerprint density at radius 3 is 2.79 bits per heavy atom. The zero-order chi connectivity index (χ0) is 16.7. The molecule has 4 rings (SSSR count). The number of carbonyl (C=O) groups is 1. The first kappa shape index (κ1) is 15.2. The minimum atomic E-state index is 0.0314. The van der Waals surface area contributed by atoms with Crippen LogP contribution in [0.2, 0.25) is 0 Å². The monoisotopic (exact) mass is 329 g/mol. The molecule has 4 heterocycles. The number of hydrogen-bond donors (Lipinski definition) is 1. The van der Waals surface area contributed by atoms with Crippen molar-refractivity contribution >= 4 is 28.7 Å². The van der Waals surface area contributed by atoms with Crippen LogP contribution in [-0.4, -0.2) is 56.7 Å². The van der Waals surface area contributed by atoms with Crippen molar-refractivity contribution in [2.75, 3.05) is 36.8 Å². The van der Waals surface area contributed by atoms with Crippen LogP contribution in [0.5, 0.6) is 0 Å². The number of nitrogens with zero attached hydrogens (tertiary/aromatic N) is 6. The van der Waals surface area contributed by atoms with Gasteiger partial charge in [0.25, 0.3) is 0 Å². The van der Waals surface area contributed by atoms with Crippen molar-refractivity contribution in [3.05, 3.63) is 6.20 Å². The molecule has 2 fully saturated rings. The van der Waals surface area contributed by atoms with Crippen LogP contribution in [0, 0.1) is 5.92 Å². The Morgan fingerprint density at radius 2 is 2.00 bits per heavy atom. The number of rotatable bonds is 2. The van der Waals surface area contributed by atoms with Crippen molar-refractivity contribution in [1.82, 2.24) is 24.6 Å². The van der Waals surface area contributed by atoms with Crippen LogP contribution in [0.3, 0.4) is 0 Å². The van der Waals surface area contributed by atoms with Gasteiger partial charge in [-0.2, -0.15) is 15.1 Å². The van der Waals surface area contributed by atoms with Gasteiger partial charge in [0.15, 0.2) is 5.65 Å². The van der Waals surface area contributed by atoms with E-state index in [2.05, 4.69) is 20.0 Å². The third-order valence-electron chi connectivity index (χ3n) is 5.08. The zero-order valence-electron chi connectivity index (χ0n) is 14.0. The Kier molecular flexibility index (Phi) is 3.74. The number of nitrogen functional groups attached to an aromatic ring is 1. The van der Waals surface area contributed by atoms with E-state index in [1.54, 1.807) is 10.9 Å². The highest BCUT2D eigenvalue weighted by molar-refractivity contribution is 5.86. The number of nitrogens with two attached hydrogens (primary N) is 1. The van der Waals surface area contributed by atoms with Gasteiger partial charge in [0, 0.05) is 33.2 Å². The van der Waals surface area contributed by atoms with Gasteiger partial charge in [-0.15, -0.1) is 0 Å². The number of anilines is 2. The smallest absolute Gasteiger partial charge is 0.229 e. The standard InChI is InChI=1S/C16H23N7O/c1-21-14-12(9-18-21)13(17)19-16(20-14)23-8-4-5-11(10-23)15(24)22-6-2-3-7-22/h9,11H,2-8,10H2,1H3,(H2,17,19,20). The highest BCUT2D eigenvalue weighted by atomic mass is 16.2. The molecule has 8 nitrogen and oxygen atoms in total. The second kappa shape index (κ2) is 5.92. The Hall–Kier alpha value is -2.38. The maximum absolute atomic E-state index is 12.7. The highest BCUT2D eigenvalue weighted by Gasteiger charge is 2.31. The molecule has 2 aliphatic heterocycles. The zero-order valence-corrected chi connectivity index (χ0v) is 14.0. The summed E-state index contributed by atoms with van der Waals surface area (Å²) in [6.45, 7) is 3.32. The quantitative estimate of drug-likeness (QED) is 0.875. The van der Waals surface area contributed by atoms with Crippen molar-refractivity contribution in [1.29, 1.82) is 0 Å². The van der Waals surface area contributed by atoms with Gasteiger partial charge in [0.2, 0.25) is 11.9 Å². The van der Waals surface area contributed by atoms with E-state index in [1.165, 1.54) is 0 Å². The fourth-order valence-corrected chi connectivity index (χ4v) is 3.73. The molecular weight excluding hydrogens is 306 g/mol. The minimum Gasteiger partial charge on any atom is -0.383 e. The van der Waals surface area contributed by atoms with Gasteiger partial charge in [0.1, 0.15) is 5.82 Å². The van der Waals surface area contributed by atoms with Gasteiger partial charge in [-0.25, -0.2) is 0 Å². The van der Waals surface area contributed by atoms with Crippen LogP contribution in [-0.2, 0) is 11.8 Å². The third kappa shape index (κ3) is 2.55. The molecule has 2 aliphatic rings. The summed E-state index contributed by atoms with van der Waals surface area (Å²) in [7, 11) is 1.84. The summed E-state index contributed by atoms with van der Waals surface area (Å²) in [4.78, 5) is 25.8. The Balaban J connectivity index is 1.57. The van der Waals surface area contributed by atoms with Gasteiger partial charge >= 0.3 is 0 Å². The molecule has 0 saturated carbocycles. The second-order valence-corrected chi connectivity index (χ2v) is 6.73. The van der Waals surface area contributed by atoms with Gasteiger partial charge < -0.3 is 15.5 Å². The number of amides is 1. The summed E-state index contributed by atoms with van der Waals surface area (Å²) in [6, 6.07) is 0. The second-order valence-electron chi connectivity index (χ2n) is 6.73. The molecule has 0 aliphatic carbocycles. The lowest BCUT2D eigenvalue weighted by Gasteiger charge is -2.34. The fraction of sp³-hybridized carbons (Fsp3) is 0.625. The average Bonchev–Trinajstić information content (AvgIpc) is 3.25. The molecular formula is C16H23N7O. The molecule has 128 valence electrons. The largest absolute Gasteiger partial charge is 0.383 e. The van der Waals surface area contributed by atoms with Crippen LogP contribution in [0.1, 0.15) is 25.7 Å². The molecule has 1 amide bonds. The molecule has 2 saturated heterocycles. The van der Waals surface area contributed by atoms with E-state index < -0.39 is 0 Å². The molecule has 1 atom stereocenters. The average molecular weight is 329 g/mol. The van der Waals surface area contributed by atoms with E-state index in [-0.39, 0.29) is 11.8 Å². The number of aromatic nitrogens is 4. The third-order valence-corrected chi connectivity index (χ3v) is 5.08. The minimum absolute atomic E-state index is 0.0314. The van der Waals surface area contributed by atoms with Gasteiger partial charge in [-0.1, -0.05) is 0 Å². The van der Waals surface area contributed by atoms with Gasteiger partial charge in [-0.3, -0.25) is 9.48 Å². The number of carbonyl (C=O) groups excluding carboxylic acids is 1. The summed E-state index contributed by atoms with van der Waals surface area (Å²) in [5.41, 5.74) is 6.79. The molecule has 0 radical (unpaired) electrons.